The summed E-state index contributed by atoms with van der Waals surface area (Å²) in [4.78, 5) is 0. The van der Waals surface area contributed by atoms with Crippen LogP contribution in [0.4, 0.5) is 0 Å². The van der Waals surface area contributed by atoms with Crippen molar-refractivity contribution in [2.75, 3.05) is 6.54 Å². The maximum atomic E-state index is 12.8. The smallest absolute Gasteiger partial charge is 0.206 e. The van der Waals surface area contributed by atoms with Crippen molar-refractivity contribution >= 4 is 37.3 Å². The Hall–Kier alpha value is -0.690. The minimum atomic E-state index is -3.45. The van der Waals surface area contributed by atoms with Gasteiger partial charge in [-0.25, -0.2) is 8.42 Å². The average molecular weight is 388 g/mol. The summed E-state index contributed by atoms with van der Waals surface area (Å²) in [5.74, 6) is 0. The molecule has 0 N–H and O–H groups in total. The van der Waals surface area contributed by atoms with Crippen LogP contribution in [0, 0.1) is 13.8 Å². The van der Waals surface area contributed by atoms with Gasteiger partial charge in [-0.3, -0.25) is 0 Å². The topological polar surface area (TPSA) is 37.4 Å². The SMILES string of the molecule is CCN(Cc1ccccc1C)S(=O)(=O)c1cc(C)c(Br)s1. The van der Waals surface area contributed by atoms with E-state index in [2.05, 4.69) is 15.9 Å². The first-order valence-corrected chi connectivity index (χ1v) is 9.71. The summed E-state index contributed by atoms with van der Waals surface area (Å²) < 4.78 is 28.3. The number of nitrogens with zero attached hydrogens (tertiary/aromatic N) is 1. The number of halogens is 1. The molecule has 0 spiro atoms. The molecule has 1 aromatic carbocycles. The van der Waals surface area contributed by atoms with Gasteiger partial charge in [-0.2, -0.15) is 4.31 Å². The van der Waals surface area contributed by atoms with E-state index in [0.717, 1.165) is 20.5 Å². The van der Waals surface area contributed by atoms with Crippen LogP contribution < -0.4 is 0 Å². The number of hydrogen-bond acceptors (Lipinski definition) is 3. The van der Waals surface area contributed by atoms with Crippen LogP contribution in [-0.4, -0.2) is 19.3 Å². The second-order valence-corrected chi connectivity index (χ2v) is 9.41. The van der Waals surface area contributed by atoms with Crippen LogP contribution in [0.2, 0.25) is 0 Å². The van der Waals surface area contributed by atoms with Crippen LogP contribution in [-0.2, 0) is 16.6 Å². The van der Waals surface area contributed by atoms with Crippen molar-refractivity contribution < 1.29 is 8.42 Å². The Bertz CT molecular complexity index is 718. The third kappa shape index (κ3) is 3.56. The molecule has 0 aliphatic heterocycles. The van der Waals surface area contributed by atoms with E-state index in [4.69, 9.17) is 0 Å². The Morgan fingerprint density at radius 1 is 1.19 bits per heavy atom. The lowest BCUT2D eigenvalue weighted by Gasteiger charge is -2.20. The van der Waals surface area contributed by atoms with E-state index >= 15 is 0 Å². The van der Waals surface area contributed by atoms with Crippen LogP contribution in [0.25, 0.3) is 0 Å². The molecule has 0 atom stereocenters. The van der Waals surface area contributed by atoms with Gasteiger partial charge in [-0.05, 0) is 52.5 Å². The minimum Gasteiger partial charge on any atom is -0.206 e. The Morgan fingerprint density at radius 3 is 2.38 bits per heavy atom. The summed E-state index contributed by atoms with van der Waals surface area (Å²) in [6, 6.07) is 9.60. The molecule has 0 bridgehead atoms. The van der Waals surface area contributed by atoms with E-state index in [0.29, 0.717) is 17.3 Å². The standard InChI is InChI=1S/C15H18BrNO2S2/c1-4-17(10-13-8-6-5-7-11(13)2)21(18,19)14-9-12(3)15(16)20-14/h5-9H,4,10H2,1-3H3. The second kappa shape index (κ2) is 6.60. The van der Waals surface area contributed by atoms with E-state index in [1.54, 1.807) is 6.07 Å². The Labute approximate surface area is 138 Å². The molecule has 2 rings (SSSR count). The average Bonchev–Trinajstić information content (AvgIpc) is 2.78. The van der Waals surface area contributed by atoms with Crippen molar-refractivity contribution in [3.05, 3.63) is 50.8 Å². The van der Waals surface area contributed by atoms with Gasteiger partial charge >= 0.3 is 0 Å². The van der Waals surface area contributed by atoms with Crippen molar-refractivity contribution in [1.29, 1.82) is 0 Å². The van der Waals surface area contributed by atoms with E-state index < -0.39 is 10.0 Å². The molecule has 0 saturated heterocycles. The monoisotopic (exact) mass is 387 g/mol. The van der Waals surface area contributed by atoms with Gasteiger partial charge < -0.3 is 0 Å². The molecule has 3 nitrogen and oxygen atoms in total. The predicted octanol–water partition coefficient (Wildman–Crippen LogP) is 4.34. The third-order valence-electron chi connectivity index (χ3n) is 3.39. The highest BCUT2D eigenvalue weighted by atomic mass is 79.9. The Morgan fingerprint density at radius 2 is 1.86 bits per heavy atom. The molecule has 0 unspecified atom stereocenters. The quantitative estimate of drug-likeness (QED) is 0.764. The molecular weight excluding hydrogens is 370 g/mol. The molecule has 1 heterocycles. The zero-order chi connectivity index (χ0) is 15.6. The van der Waals surface area contributed by atoms with Crippen LogP contribution >= 0.6 is 27.3 Å². The van der Waals surface area contributed by atoms with Gasteiger partial charge in [0, 0.05) is 13.1 Å². The Kier molecular flexibility index (Phi) is 5.24. The zero-order valence-electron chi connectivity index (χ0n) is 12.3. The molecule has 114 valence electrons. The summed E-state index contributed by atoms with van der Waals surface area (Å²) in [7, 11) is -3.45. The highest BCUT2D eigenvalue weighted by Crippen LogP contribution is 2.32. The summed E-state index contributed by atoms with van der Waals surface area (Å²) >= 11 is 4.66. The highest BCUT2D eigenvalue weighted by Gasteiger charge is 2.26. The largest absolute Gasteiger partial charge is 0.252 e. The van der Waals surface area contributed by atoms with Crippen LogP contribution in [0.1, 0.15) is 23.6 Å². The second-order valence-electron chi connectivity index (χ2n) is 4.88. The van der Waals surface area contributed by atoms with Crippen LogP contribution in [0.5, 0.6) is 0 Å². The van der Waals surface area contributed by atoms with Gasteiger partial charge in [-0.1, -0.05) is 31.2 Å². The fourth-order valence-corrected chi connectivity index (χ4v) is 5.84. The molecule has 21 heavy (non-hydrogen) atoms. The predicted molar refractivity (Wildman–Crippen MR) is 91.2 cm³/mol. The van der Waals surface area contributed by atoms with Crippen molar-refractivity contribution in [2.24, 2.45) is 0 Å². The first kappa shape index (κ1) is 16.7. The lowest BCUT2D eigenvalue weighted by molar-refractivity contribution is 0.424. The number of benzene rings is 1. The van der Waals surface area contributed by atoms with E-state index in [1.165, 1.54) is 15.6 Å². The molecule has 0 aliphatic carbocycles. The van der Waals surface area contributed by atoms with Crippen molar-refractivity contribution in [1.82, 2.24) is 4.31 Å². The number of rotatable bonds is 5. The third-order valence-corrected chi connectivity index (χ3v) is 7.90. The lowest BCUT2D eigenvalue weighted by atomic mass is 10.1. The minimum absolute atomic E-state index is 0.391. The van der Waals surface area contributed by atoms with Crippen molar-refractivity contribution in [3.8, 4) is 0 Å². The summed E-state index contributed by atoms with van der Waals surface area (Å²) in [6.07, 6.45) is 0. The van der Waals surface area contributed by atoms with Gasteiger partial charge in [0.05, 0.1) is 3.79 Å². The molecular formula is C15H18BrNO2S2. The zero-order valence-corrected chi connectivity index (χ0v) is 15.5. The number of thiophene rings is 1. The van der Waals surface area contributed by atoms with E-state index in [9.17, 15) is 8.42 Å². The molecule has 6 heteroatoms. The van der Waals surface area contributed by atoms with Crippen LogP contribution in [0.3, 0.4) is 0 Å². The van der Waals surface area contributed by atoms with Gasteiger partial charge in [0.2, 0.25) is 0 Å². The fourth-order valence-electron chi connectivity index (χ4n) is 2.03. The Balaban J connectivity index is 2.34. The van der Waals surface area contributed by atoms with Gasteiger partial charge in [0.25, 0.3) is 10.0 Å². The van der Waals surface area contributed by atoms with Gasteiger partial charge in [-0.15, -0.1) is 11.3 Å². The maximum absolute atomic E-state index is 12.8. The van der Waals surface area contributed by atoms with Crippen molar-refractivity contribution in [3.63, 3.8) is 0 Å². The molecule has 0 amide bonds. The summed E-state index contributed by atoms with van der Waals surface area (Å²) in [6.45, 7) is 6.62. The first-order chi connectivity index (χ1) is 9.86. The van der Waals surface area contributed by atoms with Gasteiger partial charge in [0.1, 0.15) is 4.21 Å². The number of sulfonamides is 1. The molecule has 0 aliphatic rings. The first-order valence-electron chi connectivity index (χ1n) is 6.67. The van der Waals surface area contributed by atoms with Gasteiger partial charge in [0.15, 0.2) is 0 Å². The normalized spacial score (nSPS) is 12.0. The summed E-state index contributed by atoms with van der Waals surface area (Å²) in [5, 5.41) is 0. The molecule has 0 saturated carbocycles. The fraction of sp³-hybridized carbons (Fsp3) is 0.333. The number of hydrogen-bond donors (Lipinski definition) is 0. The lowest BCUT2D eigenvalue weighted by Crippen LogP contribution is -2.30. The summed E-state index contributed by atoms with van der Waals surface area (Å²) in [5.41, 5.74) is 3.09. The van der Waals surface area contributed by atoms with Crippen LogP contribution in [0.15, 0.2) is 38.3 Å². The molecule has 1 aromatic heterocycles. The highest BCUT2D eigenvalue weighted by molar-refractivity contribution is 9.11. The molecule has 2 aromatic rings. The molecule has 0 fully saturated rings. The van der Waals surface area contributed by atoms with Crippen molar-refractivity contribution in [2.45, 2.75) is 31.5 Å². The van der Waals surface area contributed by atoms with E-state index in [-0.39, 0.29) is 0 Å². The maximum Gasteiger partial charge on any atom is 0.252 e. The van der Waals surface area contributed by atoms with E-state index in [1.807, 2.05) is 45.0 Å². The molecule has 0 radical (unpaired) electrons. The number of aryl methyl sites for hydroxylation is 2.